The van der Waals surface area contributed by atoms with Gasteiger partial charge in [0.25, 0.3) is 0 Å². The van der Waals surface area contributed by atoms with Gasteiger partial charge < -0.3 is 5.32 Å². The molecule has 6 heteroatoms. The molecule has 2 atom stereocenters. The molecule has 24 heavy (non-hydrogen) atoms. The Bertz CT molecular complexity index is 670. The highest BCUT2D eigenvalue weighted by Gasteiger charge is 2.23. The molecule has 128 valence electrons. The molecule has 0 spiro atoms. The van der Waals surface area contributed by atoms with E-state index in [1.807, 2.05) is 6.92 Å². The van der Waals surface area contributed by atoms with E-state index in [4.69, 9.17) is 0 Å². The molecule has 1 N–H and O–H groups in total. The Morgan fingerprint density at radius 1 is 1.33 bits per heavy atom. The van der Waals surface area contributed by atoms with Gasteiger partial charge in [0.1, 0.15) is 18.7 Å². The van der Waals surface area contributed by atoms with Gasteiger partial charge in [0.15, 0.2) is 0 Å². The lowest BCUT2D eigenvalue weighted by Crippen LogP contribution is -2.46. The SMILES string of the molecule is CC[C@H](CNC(=O)[C@H](C)n1cncn1)N1CCc2ccccc2C1. The van der Waals surface area contributed by atoms with Crippen molar-refractivity contribution in [2.45, 2.75) is 45.3 Å². The third kappa shape index (κ3) is 3.64. The Morgan fingerprint density at radius 3 is 2.83 bits per heavy atom. The smallest absolute Gasteiger partial charge is 0.244 e. The normalized spacial score (nSPS) is 17.1. The molecule has 2 heterocycles. The predicted molar refractivity (Wildman–Crippen MR) is 92.4 cm³/mol. The van der Waals surface area contributed by atoms with Crippen LogP contribution in [0.15, 0.2) is 36.9 Å². The number of amides is 1. The number of fused-ring (bicyclic) bond motifs is 1. The first-order valence-corrected chi connectivity index (χ1v) is 8.61. The van der Waals surface area contributed by atoms with Crippen LogP contribution in [0.1, 0.15) is 37.4 Å². The summed E-state index contributed by atoms with van der Waals surface area (Å²) in [5.41, 5.74) is 2.86. The molecule has 0 saturated carbocycles. The molecule has 1 amide bonds. The summed E-state index contributed by atoms with van der Waals surface area (Å²) >= 11 is 0. The van der Waals surface area contributed by atoms with Crippen molar-refractivity contribution in [3.05, 3.63) is 48.0 Å². The summed E-state index contributed by atoms with van der Waals surface area (Å²) in [4.78, 5) is 18.7. The fourth-order valence-corrected chi connectivity index (χ4v) is 3.26. The second-order valence-electron chi connectivity index (χ2n) is 6.35. The summed E-state index contributed by atoms with van der Waals surface area (Å²) < 4.78 is 1.58. The summed E-state index contributed by atoms with van der Waals surface area (Å²) in [5.74, 6) is -0.0173. The zero-order valence-electron chi connectivity index (χ0n) is 14.4. The van der Waals surface area contributed by atoms with Crippen LogP contribution in [-0.2, 0) is 17.8 Å². The van der Waals surface area contributed by atoms with Crippen molar-refractivity contribution in [3.63, 3.8) is 0 Å². The van der Waals surface area contributed by atoms with Crippen LogP contribution >= 0.6 is 0 Å². The molecule has 0 fully saturated rings. The molecule has 0 aliphatic carbocycles. The molecule has 0 unspecified atom stereocenters. The molecule has 3 rings (SSSR count). The van der Waals surface area contributed by atoms with Crippen molar-refractivity contribution in [2.75, 3.05) is 13.1 Å². The second-order valence-corrected chi connectivity index (χ2v) is 6.35. The van der Waals surface area contributed by atoms with Gasteiger partial charge in [-0.15, -0.1) is 0 Å². The van der Waals surface area contributed by atoms with E-state index >= 15 is 0 Å². The van der Waals surface area contributed by atoms with Crippen LogP contribution in [0.5, 0.6) is 0 Å². The number of hydrogen-bond donors (Lipinski definition) is 1. The van der Waals surface area contributed by atoms with Crippen LogP contribution in [0.25, 0.3) is 0 Å². The van der Waals surface area contributed by atoms with Crippen LogP contribution in [0.4, 0.5) is 0 Å². The van der Waals surface area contributed by atoms with Crippen molar-refractivity contribution in [1.82, 2.24) is 25.0 Å². The Hall–Kier alpha value is -2.21. The molecular weight excluding hydrogens is 302 g/mol. The predicted octanol–water partition coefficient (Wildman–Crippen LogP) is 1.79. The molecule has 6 nitrogen and oxygen atoms in total. The third-order valence-corrected chi connectivity index (χ3v) is 4.87. The number of hydrogen-bond acceptors (Lipinski definition) is 4. The Balaban J connectivity index is 1.56. The van der Waals surface area contributed by atoms with Crippen LogP contribution < -0.4 is 5.32 Å². The van der Waals surface area contributed by atoms with Gasteiger partial charge in [0.2, 0.25) is 5.91 Å². The lowest BCUT2D eigenvalue weighted by Gasteiger charge is -2.35. The Morgan fingerprint density at radius 2 is 2.12 bits per heavy atom. The third-order valence-electron chi connectivity index (χ3n) is 4.87. The van der Waals surface area contributed by atoms with Crippen molar-refractivity contribution in [2.24, 2.45) is 0 Å². The number of rotatable bonds is 6. The van der Waals surface area contributed by atoms with Gasteiger partial charge in [-0.05, 0) is 30.9 Å². The molecule has 0 radical (unpaired) electrons. The highest BCUT2D eigenvalue weighted by Crippen LogP contribution is 2.21. The molecule has 1 aliphatic rings. The maximum atomic E-state index is 12.3. The standard InChI is InChI=1S/C18H25N5O/c1-3-17(10-20-18(24)14(2)23-13-19-12-21-23)22-9-8-15-6-4-5-7-16(15)11-22/h4-7,12-14,17H,3,8-11H2,1-2H3,(H,20,24)/t14-,17+/m0/s1. The van der Waals surface area contributed by atoms with Gasteiger partial charge in [-0.1, -0.05) is 31.2 Å². The minimum atomic E-state index is -0.341. The van der Waals surface area contributed by atoms with E-state index in [1.165, 1.54) is 17.5 Å². The molecule has 0 saturated heterocycles. The lowest BCUT2D eigenvalue weighted by atomic mass is 9.98. The van der Waals surface area contributed by atoms with Gasteiger partial charge in [0.05, 0.1) is 0 Å². The molecule has 0 bridgehead atoms. The summed E-state index contributed by atoms with van der Waals surface area (Å²) in [6.45, 7) is 6.68. The fraction of sp³-hybridized carbons (Fsp3) is 0.500. The van der Waals surface area contributed by atoms with E-state index in [9.17, 15) is 4.79 Å². The molecule has 1 aromatic heterocycles. The van der Waals surface area contributed by atoms with Crippen molar-refractivity contribution in [1.29, 1.82) is 0 Å². The maximum Gasteiger partial charge on any atom is 0.244 e. The molecular formula is C18H25N5O. The van der Waals surface area contributed by atoms with Crippen LogP contribution in [0, 0.1) is 0 Å². The first-order valence-electron chi connectivity index (χ1n) is 8.61. The van der Waals surface area contributed by atoms with E-state index in [-0.39, 0.29) is 11.9 Å². The number of benzene rings is 1. The van der Waals surface area contributed by atoms with Crippen LogP contribution in [0.3, 0.4) is 0 Å². The Labute approximate surface area is 142 Å². The van der Waals surface area contributed by atoms with E-state index < -0.39 is 0 Å². The van der Waals surface area contributed by atoms with Gasteiger partial charge in [-0.2, -0.15) is 5.10 Å². The minimum absolute atomic E-state index is 0.0173. The average molecular weight is 327 g/mol. The van der Waals surface area contributed by atoms with E-state index in [1.54, 1.807) is 11.0 Å². The summed E-state index contributed by atoms with van der Waals surface area (Å²) in [6, 6.07) is 8.65. The number of aromatic nitrogens is 3. The first kappa shape index (κ1) is 16.6. The van der Waals surface area contributed by atoms with Gasteiger partial charge in [0, 0.05) is 25.7 Å². The number of nitrogens with zero attached hydrogens (tertiary/aromatic N) is 4. The zero-order valence-corrected chi connectivity index (χ0v) is 14.4. The van der Waals surface area contributed by atoms with Crippen molar-refractivity contribution in [3.8, 4) is 0 Å². The van der Waals surface area contributed by atoms with Crippen molar-refractivity contribution < 1.29 is 4.79 Å². The van der Waals surface area contributed by atoms with E-state index in [0.29, 0.717) is 12.6 Å². The highest BCUT2D eigenvalue weighted by atomic mass is 16.2. The van der Waals surface area contributed by atoms with Gasteiger partial charge in [-0.25, -0.2) is 9.67 Å². The minimum Gasteiger partial charge on any atom is -0.353 e. The lowest BCUT2D eigenvalue weighted by molar-refractivity contribution is -0.124. The number of carbonyl (C=O) groups excluding carboxylic acids is 1. The van der Waals surface area contributed by atoms with Gasteiger partial charge in [-0.3, -0.25) is 9.69 Å². The van der Waals surface area contributed by atoms with Crippen LogP contribution in [-0.4, -0.2) is 44.7 Å². The molecule has 2 aromatic rings. The molecule has 1 aromatic carbocycles. The average Bonchev–Trinajstić information content (AvgIpc) is 3.16. The highest BCUT2D eigenvalue weighted by molar-refractivity contribution is 5.79. The number of nitrogens with one attached hydrogen (secondary N) is 1. The van der Waals surface area contributed by atoms with Crippen LogP contribution in [0.2, 0.25) is 0 Å². The summed E-state index contributed by atoms with van der Waals surface area (Å²) in [7, 11) is 0. The Kier molecular flexibility index (Phi) is 5.25. The number of carbonyl (C=O) groups is 1. The monoisotopic (exact) mass is 327 g/mol. The fourth-order valence-electron chi connectivity index (χ4n) is 3.26. The van der Waals surface area contributed by atoms with E-state index in [0.717, 1.165) is 25.9 Å². The van der Waals surface area contributed by atoms with Crippen molar-refractivity contribution >= 4 is 5.91 Å². The largest absolute Gasteiger partial charge is 0.353 e. The summed E-state index contributed by atoms with van der Waals surface area (Å²) in [5, 5.41) is 7.11. The summed E-state index contributed by atoms with van der Waals surface area (Å²) in [6.07, 6.45) is 5.11. The van der Waals surface area contributed by atoms with Gasteiger partial charge >= 0.3 is 0 Å². The quantitative estimate of drug-likeness (QED) is 0.879. The first-order chi connectivity index (χ1) is 11.7. The maximum absolute atomic E-state index is 12.3. The second kappa shape index (κ2) is 7.57. The zero-order chi connectivity index (χ0) is 16.9. The molecule has 1 aliphatic heterocycles. The van der Waals surface area contributed by atoms with E-state index in [2.05, 4.69) is 51.5 Å². The topological polar surface area (TPSA) is 63.1 Å².